The molecule has 2 heterocycles. The van der Waals surface area contributed by atoms with Crippen molar-refractivity contribution in [2.75, 3.05) is 6.54 Å². The molecule has 0 unspecified atom stereocenters. The zero-order valence-corrected chi connectivity index (χ0v) is 10.8. The van der Waals surface area contributed by atoms with Crippen molar-refractivity contribution in [1.82, 2.24) is 4.57 Å². The number of allylic oxidation sites excluding steroid dienone is 1. The molecule has 0 atom stereocenters. The average molecular weight is 246 g/mol. The highest BCUT2D eigenvalue weighted by molar-refractivity contribution is 6.16. The molecule has 0 amide bonds. The van der Waals surface area contributed by atoms with Crippen LogP contribution in [-0.2, 0) is 0 Å². The van der Waals surface area contributed by atoms with Crippen molar-refractivity contribution in [1.29, 1.82) is 0 Å². The highest BCUT2D eigenvalue weighted by Gasteiger charge is 2.13. The Labute approximate surface area is 111 Å². The van der Waals surface area contributed by atoms with Crippen LogP contribution in [0.3, 0.4) is 0 Å². The van der Waals surface area contributed by atoms with Crippen molar-refractivity contribution < 1.29 is 0 Å². The van der Waals surface area contributed by atoms with Crippen LogP contribution < -0.4 is 0 Å². The zero-order chi connectivity index (χ0) is 12.8. The second-order valence-electron chi connectivity index (χ2n) is 5.00. The Bertz CT molecular complexity index is 850. The van der Waals surface area contributed by atoms with Gasteiger partial charge in [-0.05, 0) is 31.2 Å². The van der Waals surface area contributed by atoms with E-state index in [1.807, 2.05) is 6.21 Å². The monoisotopic (exact) mass is 246 g/mol. The van der Waals surface area contributed by atoms with Crippen molar-refractivity contribution in [3.8, 4) is 0 Å². The number of benzene rings is 2. The van der Waals surface area contributed by atoms with Crippen LogP contribution in [-0.4, -0.2) is 17.3 Å². The Morgan fingerprint density at radius 2 is 1.84 bits per heavy atom. The molecule has 19 heavy (non-hydrogen) atoms. The Morgan fingerprint density at radius 3 is 2.68 bits per heavy atom. The summed E-state index contributed by atoms with van der Waals surface area (Å²) in [6, 6.07) is 15.2. The van der Waals surface area contributed by atoms with Gasteiger partial charge in [0.1, 0.15) is 0 Å². The molecule has 0 saturated heterocycles. The molecule has 4 rings (SSSR count). The first-order valence-corrected chi connectivity index (χ1v) is 6.55. The summed E-state index contributed by atoms with van der Waals surface area (Å²) >= 11 is 0. The van der Waals surface area contributed by atoms with E-state index in [0.29, 0.717) is 0 Å². The molecular weight excluding hydrogens is 232 g/mol. The number of fused-ring (bicyclic) bond motifs is 3. The van der Waals surface area contributed by atoms with E-state index in [1.165, 1.54) is 33.1 Å². The van der Waals surface area contributed by atoms with Crippen LogP contribution in [0.1, 0.15) is 5.56 Å². The van der Waals surface area contributed by atoms with Gasteiger partial charge < -0.3 is 4.57 Å². The van der Waals surface area contributed by atoms with Gasteiger partial charge in [-0.25, -0.2) is 0 Å². The molecule has 1 aliphatic rings. The maximum Gasteiger partial charge on any atom is 0.0619 e. The number of aromatic nitrogens is 1. The number of aryl methyl sites for hydroxylation is 1. The molecule has 0 bridgehead atoms. The lowest BCUT2D eigenvalue weighted by Crippen LogP contribution is -1.95. The first-order valence-electron chi connectivity index (χ1n) is 6.55. The van der Waals surface area contributed by atoms with Crippen molar-refractivity contribution in [3.63, 3.8) is 0 Å². The third-order valence-electron chi connectivity index (χ3n) is 3.72. The minimum absolute atomic E-state index is 0.787. The summed E-state index contributed by atoms with van der Waals surface area (Å²) in [4.78, 5) is 4.31. The largest absolute Gasteiger partial charge is 0.308 e. The molecule has 0 radical (unpaired) electrons. The van der Waals surface area contributed by atoms with Crippen molar-refractivity contribution >= 4 is 33.7 Å². The predicted octanol–water partition coefficient (Wildman–Crippen LogP) is 4.03. The van der Waals surface area contributed by atoms with Crippen LogP contribution in [0, 0.1) is 6.92 Å². The topological polar surface area (TPSA) is 17.3 Å². The molecule has 0 saturated carbocycles. The lowest BCUT2D eigenvalue weighted by molar-refractivity contribution is 1.25. The number of para-hydroxylation sites is 1. The van der Waals surface area contributed by atoms with Gasteiger partial charge in [-0.2, -0.15) is 0 Å². The van der Waals surface area contributed by atoms with Crippen LogP contribution in [0.15, 0.2) is 53.5 Å². The summed E-state index contributed by atoms with van der Waals surface area (Å²) in [5.74, 6) is 0. The van der Waals surface area contributed by atoms with Crippen molar-refractivity contribution in [3.05, 3.63) is 54.1 Å². The van der Waals surface area contributed by atoms with Gasteiger partial charge >= 0.3 is 0 Å². The third-order valence-corrected chi connectivity index (χ3v) is 3.72. The van der Waals surface area contributed by atoms with Crippen LogP contribution in [0.5, 0.6) is 0 Å². The van der Waals surface area contributed by atoms with E-state index in [-0.39, 0.29) is 0 Å². The minimum atomic E-state index is 0.787. The van der Waals surface area contributed by atoms with Crippen molar-refractivity contribution in [2.24, 2.45) is 4.99 Å². The van der Waals surface area contributed by atoms with Crippen LogP contribution >= 0.6 is 0 Å². The Hall–Kier alpha value is -2.35. The van der Waals surface area contributed by atoms with Crippen LogP contribution in [0.25, 0.3) is 27.5 Å². The zero-order valence-electron chi connectivity index (χ0n) is 10.8. The van der Waals surface area contributed by atoms with E-state index in [0.717, 1.165) is 6.54 Å². The molecule has 2 heteroatoms. The maximum absolute atomic E-state index is 4.31. The van der Waals surface area contributed by atoms with Crippen molar-refractivity contribution in [2.45, 2.75) is 6.92 Å². The predicted molar refractivity (Wildman–Crippen MR) is 81.8 cm³/mol. The van der Waals surface area contributed by atoms with Gasteiger partial charge in [-0.15, -0.1) is 0 Å². The number of hydrogen-bond acceptors (Lipinski definition) is 1. The Morgan fingerprint density at radius 1 is 1.00 bits per heavy atom. The fourth-order valence-electron chi connectivity index (χ4n) is 2.86. The summed E-state index contributed by atoms with van der Waals surface area (Å²) in [5, 5.41) is 2.62. The first kappa shape index (κ1) is 10.6. The SMILES string of the molecule is Cc1ccc2c(c1)c1ccccc1n2C1=CCN=C1. The highest BCUT2D eigenvalue weighted by atomic mass is 15.0. The van der Waals surface area contributed by atoms with Gasteiger partial charge in [0.15, 0.2) is 0 Å². The smallest absolute Gasteiger partial charge is 0.0619 e. The second kappa shape index (κ2) is 3.82. The minimum Gasteiger partial charge on any atom is -0.308 e. The van der Waals surface area contributed by atoms with Gasteiger partial charge in [0.05, 0.1) is 23.3 Å². The lowest BCUT2D eigenvalue weighted by atomic mass is 10.1. The fourth-order valence-corrected chi connectivity index (χ4v) is 2.86. The molecule has 0 aliphatic carbocycles. The molecule has 0 spiro atoms. The third kappa shape index (κ3) is 1.46. The van der Waals surface area contributed by atoms with E-state index in [4.69, 9.17) is 0 Å². The molecule has 0 fully saturated rings. The van der Waals surface area contributed by atoms with Crippen LogP contribution in [0.2, 0.25) is 0 Å². The summed E-state index contributed by atoms with van der Waals surface area (Å²) in [6.07, 6.45) is 4.14. The van der Waals surface area contributed by atoms with Gasteiger partial charge in [0.2, 0.25) is 0 Å². The van der Waals surface area contributed by atoms with E-state index >= 15 is 0 Å². The van der Waals surface area contributed by atoms with Gasteiger partial charge in [0.25, 0.3) is 0 Å². The highest BCUT2D eigenvalue weighted by Crippen LogP contribution is 2.32. The summed E-state index contributed by atoms with van der Waals surface area (Å²) in [6.45, 7) is 2.93. The Balaban J connectivity index is 2.22. The summed E-state index contributed by atoms with van der Waals surface area (Å²) < 4.78 is 2.31. The Kier molecular flexibility index (Phi) is 2.12. The van der Waals surface area contributed by atoms with Gasteiger partial charge in [0, 0.05) is 17.0 Å². The second-order valence-corrected chi connectivity index (χ2v) is 5.00. The molecule has 3 aromatic rings. The number of nitrogens with zero attached hydrogens (tertiary/aromatic N) is 2. The molecule has 1 aliphatic heterocycles. The van der Waals surface area contributed by atoms with E-state index in [9.17, 15) is 0 Å². The van der Waals surface area contributed by atoms with Gasteiger partial charge in [-0.3, -0.25) is 4.99 Å². The van der Waals surface area contributed by atoms with E-state index in [1.54, 1.807) is 0 Å². The number of hydrogen-bond donors (Lipinski definition) is 0. The standard InChI is InChI=1S/C17H14N2/c1-12-6-7-17-15(10-12)14-4-2-3-5-16(14)19(17)13-8-9-18-11-13/h2-8,10-11H,9H2,1H3. The molecule has 1 aromatic heterocycles. The quantitative estimate of drug-likeness (QED) is 0.617. The molecule has 92 valence electrons. The van der Waals surface area contributed by atoms with E-state index in [2.05, 4.69) is 65.0 Å². The fraction of sp³-hybridized carbons (Fsp3) is 0.118. The van der Waals surface area contributed by atoms with E-state index < -0.39 is 0 Å². The normalized spacial score (nSPS) is 14.5. The number of rotatable bonds is 1. The molecule has 2 nitrogen and oxygen atoms in total. The maximum atomic E-state index is 4.31. The summed E-state index contributed by atoms with van der Waals surface area (Å²) in [5.41, 5.74) is 4.98. The average Bonchev–Trinajstić information content (AvgIpc) is 3.04. The molecular formula is C17H14N2. The molecule has 2 aromatic carbocycles. The van der Waals surface area contributed by atoms with Crippen LogP contribution in [0.4, 0.5) is 0 Å². The van der Waals surface area contributed by atoms with Gasteiger partial charge in [-0.1, -0.05) is 29.8 Å². The lowest BCUT2D eigenvalue weighted by Gasteiger charge is -2.05. The molecule has 0 N–H and O–H groups in total. The summed E-state index contributed by atoms with van der Waals surface area (Å²) in [7, 11) is 0. The first-order chi connectivity index (χ1) is 9.34. The number of aliphatic imine (C=N–C) groups is 1.